The van der Waals surface area contributed by atoms with Gasteiger partial charge >= 0.3 is 0 Å². The summed E-state index contributed by atoms with van der Waals surface area (Å²) in [6.07, 6.45) is 0.399. The van der Waals surface area contributed by atoms with Crippen molar-refractivity contribution in [3.63, 3.8) is 0 Å². The van der Waals surface area contributed by atoms with Crippen LogP contribution in [0.25, 0.3) is 0 Å². The molecule has 0 bridgehead atoms. The molecule has 0 radical (unpaired) electrons. The highest BCUT2D eigenvalue weighted by molar-refractivity contribution is 9.10. The molecule has 2 aromatic rings. The number of benzene rings is 1. The summed E-state index contributed by atoms with van der Waals surface area (Å²) in [5.74, 6) is -1.12. The molecule has 1 aromatic heterocycles. The minimum Gasteiger partial charge on any atom is -0.290 e. The third-order valence-corrected chi connectivity index (χ3v) is 4.31. The number of hydroxylamine groups is 1. The van der Waals surface area contributed by atoms with Crippen molar-refractivity contribution in [2.24, 2.45) is 4.99 Å². The molecule has 3 N–H and O–H groups in total. The van der Waals surface area contributed by atoms with Crippen LogP contribution in [0, 0.1) is 5.82 Å². The van der Waals surface area contributed by atoms with E-state index in [0.29, 0.717) is 5.69 Å². The summed E-state index contributed by atoms with van der Waals surface area (Å²) in [6.45, 7) is 0.0712. The number of carbonyl (C=O) groups excluding carboxylic acids is 2. The number of amidine groups is 1. The molecular weight excluding hydrogens is 443 g/mol. The minimum absolute atomic E-state index is 0.00623. The lowest BCUT2D eigenvalue weighted by Gasteiger charge is -2.13. The van der Waals surface area contributed by atoms with Gasteiger partial charge in [0.25, 0.3) is 0 Å². The molecule has 13 heteroatoms. The third-order valence-electron chi connectivity index (χ3n) is 3.70. The number of halogens is 2. The van der Waals surface area contributed by atoms with Gasteiger partial charge in [-0.1, -0.05) is 0 Å². The van der Waals surface area contributed by atoms with E-state index >= 15 is 0 Å². The second-order valence-electron chi connectivity index (χ2n) is 5.52. The largest absolute Gasteiger partial charge is 0.290 e. The fourth-order valence-corrected chi connectivity index (χ4v) is 2.72. The molecule has 11 nitrogen and oxygen atoms in total. The first-order valence-electron chi connectivity index (χ1n) is 7.97. The van der Waals surface area contributed by atoms with Crippen LogP contribution in [-0.2, 0) is 14.4 Å². The normalized spacial score (nSPS) is 14.7. The number of nitrogens with zero attached hydrogens (tertiary/aromatic N) is 4. The van der Waals surface area contributed by atoms with E-state index in [1.807, 2.05) is 5.48 Å². The van der Waals surface area contributed by atoms with Crippen molar-refractivity contribution >= 4 is 45.1 Å². The van der Waals surface area contributed by atoms with E-state index in [-0.39, 0.29) is 59.6 Å². The van der Waals surface area contributed by atoms with E-state index in [2.05, 4.69) is 41.3 Å². The number of hydrogen-bond acceptors (Lipinski definition) is 9. The molecule has 0 saturated carbocycles. The number of aromatic nitrogens is 2. The molecule has 148 valence electrons. The van der Waals surface area contributed by atoms with Crippen LogP contribution in [0.5, 0.6) is 0 Å². The molecular formula is C15H14BrFN6O5. The van der Waals surface area contributed by atoms with E-state index in [1.165, 1.54) is 18.2 Å². The third kappa shape index (κ3) is 4.49. The van der Waals surface area contributed by atoms with Gasteiger partial charge in [0.05, 0.1) is 23.3 Å². The van der Waals surface area contributed by atoms with Gasteiger partial charge in [0.2, 0.25) is 17.6 Å². The molecule has 1 aliphatic heterocycles. The SMILES string of the molecule is O=C1CCC(=O)N1CCONc1nonc1C(=Nc1ccc(F)c(Br)c1)NO. The fourth-order valence-electron chi connectivity index (χ4n) is 2.35. The number of likely N-dealkylation sites (tertiary alicyclic amines) is 1. The Morgan fingerprint density at radius 1 is 1.36 bits per heavy atom. The van der Waals surface area contributed by atoms with E-state index in [0.717, 1.165) is 4.90 Å². The van der Waals surface area contributed by atoms with Crippen LogP contribution < -0.4 is 11.0 Å². The van der Waals surface area contributed by atoms with Crippen LogP contribution in [0.4, 0.5) is 15.9 Å². The van der Waals surface area contributed by atoms with Crippen LogP contribution in [0.1, 0.15) is 18.5 Å². The molecule has 1 saturated heterocycles. The summed E-state index contributed by atoms with van der Waals surface area (Å²) < 4.78 is 18.1. The van der Waals surface area contributed by atoms with Crippen molar-refractivity contribution in [1.82, 2.24) is 20.7 Å². The maximum absolute atomic E-state index is 13.3. The number of anilines is 1. The molecule has 2 heterocycles. The van der Waals surface area contributed by atoms with Gasteiger partial charge in [-0.15, -0.1) is 0 Å². The standard InChI is InChI=1S/C15H14BrFN6O5/c16-9-7-8(1-2-10(9)17)18-14(19-26)13-15(22-28-20-13)21-27-6-5-23-11(24)3-4-12(23)25/h1-2,7,26H,3-6H2,(H,18,19)(H,21,22). The molecule has 0 spiro atoms. The predicted octanol–water partition coefficient (Wildman–Crippen LogP) is 1.52. The van der Waals surface area contributed by atoms with Gasteiger partial charge in [0, 0.05) is 12.8 Å². The number of nitrogens with one attached hydrogen (secondary N) is 2. The zero-order valence-electron chi connectivity index (χ0n) is 14.2. The Morgan fingerprint density at radius 2 is 2.11 bits per heavy atom. The van der Waals surface area contributed by atoms with Crippen molar-refractivity contribution in [2.75, 3.05) is 18.6 Å². The van der Waals surface area contributed by atoms with Crippen LogP contribution >= 0.6 is 15.9 Å². The van der Waals surface area contributed by atoms with Crippen LogP contribution in [0.2, 0.25) is 0 Å². The Hall–Kier alpha value is -2.90. The molecule has 0 atom stereocenters. The van der Waals surface area contributed by atoms with E-state index in [1.54, 1.807) is 0 Å². The monoisotopic (exact) mass is 456 g/mol. The topological polar surface area (TPSA) is 142 Å². The van der Waals surface area contributed by atoms with Crippen molar-refractivity contribution in [3.05, 3.63) is 34.2 Å². The predicted molar refractivity (Wildman–Crippen MR) is 95.0 cm³/mol. The van der Waals surface area contributed by atoms with Crippen LogP contribution in [0.15, 0.2) is 32.3 Å². The number of hydrogen-bond donors (Lipinski definition) is 3. The summed E-state index contributed by atoms with van der Waals surface area (Å²) in [4.78, 5) is 33.4. The maximum Gasteiger partial charge on any atom is 0.229 e. The van der Waals surface area contributed by atoms with Crippen LogP contribution in [0.3, 0.4) is 0 Å². The van der Waals surface area contributed by atoms with Crippen molar-refractivity contribution in [1.29, 1.82) is 0 Å². The first-order valence-corrected chi connectivity index (χ1v) is 8.76. The zero-order chi connectivity index (χ0) is 20.1. The molecule has 2 amide bonds. The highest BCUT2D eigenvalue weighted by Gasteiger charge is 2.28. The van der Waals surface area contributed by atoms with Gasteiger partial charge in [0.15, 0.2) is 11.5 Å². The van der Waals surface area contributed by atoms with E-state index in [4.69, 9.17) is 4.84 Å². The van der Waals surface area contributed by atoms with Crippen molar-refractivity contribution < 1.29 is 28.7 Å². The first kappa shape index (κ1) is 19.9. The number of aliphatic imine (C=N–C) groups is 1. The minimum atomic E-state index is -0.466. The van der Waals surface area contributed by atoms with Gasteiger partial charge in [0.1, 0.15) is 5.82 Å². The van der Waals surface area contributed by atoms with Gasteiger partial charge in [-0.25, -0.2) is 19.5 Å². The van der Waals surface area contributed by atoms with Crippen LogP contribution in [-0.4, -0.2) is 51.2 Å². The molecule has 0 unspecified atom stereocenters. The number of imide groups is 1. The highest BCUT2D eigenvalue weighted by Crippen LogP contribution is 2.23. The highest BCUT2D eigenvalue weighted by atomic mass is 79.9. The molecule has 3 rings (SSSR count). The van der Waals surface area contributed by atoms with Gasteiger partial charge in [-0.3, -0.25) is 30.0 Å². The zero-order valence-corrected chi connectivity index (χ0v) is 15.8. The Bertz CT molecular complexity index is 904. The Labute approximate surface area is 165 Å². The average Bonchev–Trinajstić information content (AvgIpc) is 3.27. The number of amides is 2. The second kappa shape index (κ2) is 8.86. The van der Waals surface area contributed by atoms with Crippen molar-refractivity contribution in [3.8, 4) is 0 Å². The lowest BCUT2D eigenvalue weighted by Crippen LogP contribution is -2.33. The maximum atomic E-state index is 13.3. The van der Waals surface area contributed by atoms with Crippen molar-refractivity contribution in [2.45, 2.75) is 12.8 Å². The lowest BCUT2D eigenvalue weighted by molar-refractivity contribution is -0.139. The molecule has 1 aromatic carbocycles. The van der Waals surface area contributed by atoms with Gasteiger partial charge in [-0.2, -0.15) is 0 Å². The fraction of sp³-hybridized carbons (Fsp3) is 0.267. The van der Waals surface area contributed by atoms with Gasteiger partial charge < -0.3 is 0 Å². The summed E-state index contributed by atoms with van der Waals surface area (Å²) >= 11 is 3.04. The Balaban J connectivity index is 1.64. The smallest absolute Gasteiger partial charge is 0.229 e. The molecule has 28 heavy (non-hydrogen) atoms. The van der Waals surface area contributed by atoms with E-state index in [9.17, 15) is 19.2 Å². The Kier molecular flexibility index (Phi) is 6.28. The Morgan fingerprint density at radius 3 is 2.79 bits per heavy atom. The molecule has 1 aliphatic rings. The number of carbonyl (C=O) groups is 2. The van der Waals surface area contributed by atoms with Gasteiger partial charge in [-0.05, 0) is 44.4 Å². The second-order valence-corrected chi connectivity index (χ2v) is 6.38. The molecule has 0 aliphatic carbocycles. The lowest BCUT2D eigenvalue weighted by atomic mass is 10.3. The summed E-state index contributed by atoms with van der Waals surface area (Å²) in [6, 6.07) is 3.98. The quantitative estimate of drug-likeness (QED) is 0.185. The van der Waals surface area contributed by atoms with E-state index < -0.39 is 5.82 Å². The summed E-state index contributed by atoms with van der Waals surface area (Å²) in [5, 5.41) is 16.6. The summed E-state index contributed by atoms with van der Waals surface area (Å²) in [5.41, 5.74) is 4.60. The number of rotatable bonds is 7. The summed E-state index contributed by atoms with van der Waals surface area (Å²) in [7, 11) is 0. The first-order chi connectivity index (χ1) is 13.5. The molecule has 1 fully saturated rings. The average molecular weight is 457 g/mol.